The standard InChI is InChI=1S/C22H20ClF3N6OS/c23-15-8-6-14(7-9-15)16-10-18(22(24,25)26)32-19(28-16)11-17(31-32)20(33)29-30-21(34)27-12-13-4-2-1-3-5-13/h1-9,11,16,18,28H,10,12H2,(H,29,33)(H2,27,30,34)/t16-,18+/m0/s1. The molecule has 2 heterocycles. The van der Waals surface area contributed by atoms with Crippen molar-refractivity contribution in [2.24, 2.45) is 0 Å². The lowest BCUT2D eigenvalue weighted by Gasteiger charge is -2.33. The zero-order chi connectivity index (χ0) is 24.3. The van der Waals surface area contributed by atoms with Crippen molar-refractivity contribution in [1.82, 2.24) is 25.9 Å². The summed E-state index contributed by atoms with van der Waals surface area (Å²) < 4.78 is 42.2. The van der Waals surface area contributed by atoms with Gasteiger partial charge in [0, 0.05) is 24.1 Å². The lowest BCUT2D eigenvalue weighted by molar-refractivity contribution is -0.173. The summed E-state index contributed by atoms with van der Waals surface area (Å²) in [4.78, 5) is 12.5. The van der Waals surface area contributed by atoms with E-state index < -0.39 is 24.2 Å². The number of benzene rings is 2. The summed E-state index contributed by atoms with van der Waals surface area (Å²) in [6, 6.07) is 14.8. The Hall–Kier alpha value is -3.31. The molecule has 4 N–H and O–H groups in total. The van der Waals surface area contributed by atoms with Crippen LogP contribution in [0.3, 0.4) is 0 Å². The lowest BCUT2D eigenvalue weighted by atomic mass is 9.97. The minimum absolute atomic E-state index is 0.0865. The number of nitrogens with zero attached hydrogens (tertiary/aromatic N) is 2. The van der Waals surface area contributed by atoms with Gasteiger partial charge in [-0.05, 0) is 35.5 Å². The Balaban J connectivity index is 1.44. The molecule has 1 aliphatic rings. The fourth-order valence-electron chi connectivity index (χ4n) is 3.60. The number of hydrazine groups is 1. The number of amides is 1. The minimum atomic E-state index is -4.55. The molecule has 178 valence electrons. The third kappa shape index (κ3) is 5.60. The van der Waals surface area contributed by atoms with Crippen molar-refractivity contribution in [3.05, 3.63) is 82.5 Å². The normalized spacial score (nSPS) is 17.3. The van der Waals surface area contributed by atoms with E-state index in [9.17, 15) is 18.0 Å². The molecule has 3 aromatic rings. The number of fused-ring (bicyclic) bond motifs is 1. The molecular weight excluding hydrogens is 489 g/mol. The van der Waals surface area contributed by atoms with Crippen molar-refractivity contribution in [3.8, 4) is 0 Å². The third-order valence-electron chi connectivity index (χ3n) is 5.28. The van der Waals surface area contributed by atoms with Crippen molar-refractivity contribution in [3.63, 3.8) is 0 Å². The summed E-state index contributed by atoms with van der Waals surface area (Å²) >= 11 is 11.0. The Labute approximate surface area is 203 Å². The summed E-state index contributed by atoms with van der Waals surface area (Å²) in [5.41, 5.74) is 6.33. The molecule has 2 atom stereocenters. The van der Waals surface area contributed by atoms with Crippen molar-refractivity contribution in [1.29, 1.82) is 0 Å². The number of anilines is 1. The topological polar surface area (TPSA) is 83.0 Å². The van der Waals surface area contributed by atoms with Gasteiger partial charge in [-0.15, -0.1) is 0 Å². The second-order valence-electron chi connectivity index (χ2n) is 7.65. The van der Waals surface area contributed by atoms with Crippen molar-refractivity contribution < 1.29 is 18.0 Å². The van der Waals surface area contributed by atoms with Crippen LogP contribution in [0.1, 0.15) is 40.1 Å². The fourth-order valence-corrected chi connectivity index (χ4v) is 3.85. The highest BCUT2D eigenvalue weighted by Crippen LogP contribution is 2.43. The Morgan fingerprint density at radius 2 is 1.85 bits per heavy atom. The van der Waals surface area contributed by atoms with Crippen LogP contribution in [0, 0.1) is 0 Å². The highest BCUT2D eigenvalue weighted by Gasteiger charge is 2.46. The van der Waals surface area contributed by atoms with E-state index in [1.165, 1.54) is 6.07 Å². The first kappa shape index (κ1) is 23.8. The van der Waals surface area contributed by atoms with Gasteiger partial charge in [0.2, 0.25) is 0 Å². The van der Waals surface area contributed by atoms with Crippen LogP contribution in [0.4, 0.5) is 19.0 Å². The maximum Gasteiger partial charge on any atom is 0.410 e. The summed E-state index contributed by atoms with van der Waals surface area (Å²) in [6.07, 6.45) is -4.84. The average Bonchev–Trinajstić information content (AvgIpc) is 3.25. The summed E-state index contributed by atoms with van der Waals surface area (Å²) in [5, 5.41) is 10.5. The molecule has 34 heavy (non-hydrogen) atoms. The molecule has 0 spiro atoms. The number of hydrogen-bond donors (Lipinski definition) is 4. The van der Waals surface area contributed by atoms with Crippen molar-refractivity contribution in [2.75, 3.05) is 5.32 Å². The molecule has 4 rings (SSSR count). The summed E-state index contributed by atoms with van der Waals surface area (Å²) in [5.74, 6) is -0.639. The van der Waals surface area contributed by atoms with Crippen LogP contribution in [0.5, 0.6) is 0 Å². The van der Waals surface area contributed by atoms with Gasteiger partial charge in [-0.2, -0.15) is 18.3 Å². The van der Waals surface area contributed by atoms with E-state index in [0.29, 0.717) is 17.1 Å². The smallest absolute Gasteiger partial charge is 0.363 e. The molecule has 0 saturated heterocycles. The second-order valence-corrected chi connectivity index (χ2v) is 8.49. The molecule has 0 radical (unpaired) electrons. The van der Waals surface area contributed by atoms with Crippen LogP contribution >= 0.6 is 23.8 Å². The number of carbonyl (C=O) groups is 1. The average molecular weight is 509 g/mol. The van der Waals surface area contributed by atoms with Crippen LogP contribution in [0.25, 0.3) is 0 Å². The zero-order valence-corrected chi connectivity index (χ0v) is 19.1. The monoisotopic (exact) mass is 508 g/mol. The van der Waals surface area contributed by atoms with E-state index in [2.05, 4.69) is 26.6 Å². The van der Waals surface area contributed by atoms with Crippen LogP contribution in [-0.2, 0) is 6.54 Å². The van der Waals surface area contributed by atoms with Gasteiger partial charge in [-0.3, -0.25) is 15.6 Å². The molecule has 1 aliphatic heterocycles. The molecule has 0 bridgehead atoms. The van der Waals surface area contributed by atoms with Crippen LogP contribution in [0.2, 0.25) is 5.02 Å². The van der Waals surface area contributed by atoms with E-state index in [0.717, 1.165) is 10.2 Å². The zero-order valence-electron chi connectivity index (χ0n) is 17.6. The number of nitrogens with one attached hydrogen (secondary N) is 4. The molecule has 0 unspecified atom stereocenters. The SMILES string of the molecule is O=C(NNC(=S)NCc1ccccc1)c1cc2n(n1)[C@@H](C(F)(F)F)C[C@@H](c1ccc(Cl)cc1)N2. The first-order chi connectivity index (χ1) is 16.2. The maximum absolute atomic E-state index is 13.8. The Morgan fingerprint density at radius 3 is 2.53 bits per heavy atom. The third-order valence-corrected chi connectivity index (χ3v) is 5.78. The van der Waals surface area contributed by atoms with E-state index >= 15 is 0 Å². The molecule has 0 aliphatic carbocycles. The molecule has 1 amide bonds. The molecule has 0 fully saturated rings. The van der Waals surface area contributed by atoms with Gasteiger partial charge < -0.3 is 10.6 Å². The molecule has 0 saturated carbocycles. The van der Waals surface area contributed by atoms with Crippen molar-refractivity contribution in [2.45, 2.75) is 31.2 Å². The van der Waals surface area contributed by atoms with Gasteiger partial charge in [0.1, 0.15) is 5.82 Å². The molecule has 12 heteroatoms. The largest absolute Gasteiger partial charge is 0.410 e. The highest BCUT2D eigenvalue weighted by molar-refractivity contribution is 7.80. The first-order valence-electron chi connectivity index (χ1n) is 10.3. The highest BCUT2D eigenvalue weighted by atomic mass is 35.5. The Bertz CT molecular complexity index is 1170. The maximum atomic E-state index is 13.8. The van der Waals surface area contributed by atoms with Gasteiger partial charge in [0.15, 0.2) is 16.8 Å². The number of hydrogen-bond acceptors (Lipinski definition) is 4. The van der Waals surface area contributed by atoms with E-state index in [1.54, 1.807) is 24.3 Å². The van der Waals surface area contributed by atoms with Crippen LogP contribution < -0.4 is 21.5 Å². The first-order valence-corrected chi connectivity index (χ1v) is 11.1. The van der Waals surface area contributed by atoms with E-state index in [-0.39, 0.29) is 23.0 Å². The summed E-state index contributed by atoms with van der Waals surface area (Å²) in [7, 11) is 0. The van der Waals surface area contributed by atoms with Crippen LogP contribution in [-0.4, -0.2) is 27.0 Å². The number of thiocarbonyl (C=S) groups is 1. The number of rotatable bonds is 4. The lowest BCUT2D eigenvalue weighted by Crippen LogP contribution is -2.46. The van der Waals surface area contributed by atoms with E-state index in [4.69, 9.17) is 23.8 Å². The fraction of sp³-hybridized carbons (Fsp3) is 0.227. The van der Waals surface area contributed by atoms with Gasteiger partial charge in [0.05, 0.1) is 6.04 Å². The second kappa shape index (κ2) is 9.90. The predicted molar refractivity (Wildman–Crippen MR) is 126 cm³/mol. The number of aromatic nitrogens is 2. The van der Waals surface area contributed by atoms with Gasteiger partial charge in [0.25, 0.3) is 5.91 Å². The Kier molecular flexibility index (Phi) is 6.94. The molecule has 7 nitrogen and oxygen atoms in total. The number of carbonyl (C=O) groups excluding carboxylic acids is 1. The molecular formula is C22H20ClF3N6OS. The van der Waals surface area contributed by atoms with Crippen molar-refractivity contribution >= 4 is 40.7 Å². The van der Waals surface area contributed by atoms with Gasteiger partial charge in [-0.25, -0.2) is 4.68 Å². The molecule has 1 aromatic heterocycles. The minimum Gasteiger partial charge on any atom is -0.363 e. The van der Waals surface area contributed by atoms with Gasteiger partial charge in [-0.1, -0.05) is 54.1 Å². The Morgan fingerprint density at radius 1 is 1.15 bits per heavy atom. The number of halogens is 4. The van der Waals surface area contributed by atoms with E-state index in [1.807, 2.05) is 30.3 Å². The quantitative estimate of drug-likeness (QED) is 0.307. The number of alkyl halides is 3. The predicted octanol–water partition coefficient (Wildman–Crippen LogP) is 4.51. The van der Waals surface area contributed by atoms with Crippen LogP contribution in [0.15, 0.2) is 60.7 Å². The molecule has 2 aromatic carbocycles. The van der Waals surface area contributed by atoms with Gasteiger partial charge >= 0.3 is 6.18 Å². The summed E-state index contributed by atoms with van der Waals surface area (Å²) in [6.45, 7) is 0.435.